The number of benzene rings is 3. The lowest BCUT2D eigenvalue weighted by Crippen LogP contribution is -2.41. The zero-order chi connectivity index (χ0) is 24.9. The number of amides is 2. The van der Waals surface area contributed by atoms with Crippen LogP contribution in [-0.2, 0) is 14.8 Å². The Hall–Kier alpha value is -3.17. The molecule has 34 heavy (non-hydrogen) atoms. The third kappa shape index (κ3) is 6.45. The summed E-state index contributed by atoms with van der Waals surface area (Å²) in [7, 11) is -4.04. The minimum Gasteiger partial charge on any atom is -0.347 e. The van der Waals surface area contributed by atoms with E-state index in [2.05, 4.69) is 26.6 Å². The molecule has 0 radical (unpaired) electrons. The molecule has 0 aliphatic carbocycles. The third-order valence-corrected chi connectivity index (χ3v) is 6.93. The molecule has 3 rings (SSSR count). The number of hydrogen-bond acceptors (Lipinski definition) is 4. The van der Waals surface area contributed by atoms with Crippen molar-refractivity contribution < 1.29 is 18.0 Å². The molecule has 0 aliphatic heterocycles. The van der Waals surface area contributed by atoms with Crippen molar-refractivity contribution in [2.75, 3.05) is 16.2 Å². The number of halogens is 1. The van der Waals surface area contributed by atoms with Crippen LogP contribution in [0.2, 0.25) is 0 Å². The predicted octanol–water partition coefficient (Wildman–Crippen LogP) is 4.81. The van der Waals surface area contributed by atoms with Crippen LogP contribution in [0.5, 0.6) is 0 Å². The average molecular weight is 544 g/mol. The van der Waals surface area contributed by atoms with Gasteiger partial charge in [-0.2, -0.15) is 0 Å². The summed E-state index contributed by atoms with van der Waals surface area (Å²) in [6, 6.07) is 21.2. The van der Waals surface area contributed by atoms with Crippen LogP contribution in [0.25, 0.3) is 0 Å². The molecule has 0 saturated carbocycles. The van der Waals surface area contributed by atoms with E-state index in [-0.39, 0.29) is 16.4 Å². The molecule has 3 aromatic rings. The van der Waals surface area contributed by atoms with Crippen LogP contribution in [0.3, 0.4) is 0 Å². The SMILES string of the molecule is CC(C)(C)NC(=O)c1ccccc1NC(=O)CN(c1cccc(Br)c1)S(=O)(=O)c1ccccc1. The fraction of sp³-hybridized carbons (Fsp3) is 0.200. The quantitative estimate of drug-likeness (QED) is 0.446. The number of carbonyl (C=O) groups is 2. The second-order valence-electron chi connectivity index (χ2n) is 8.60. The van der Waals surface area contributed by atoms with Gasteiger partial charge in [-0.1, -0.05) is 52.3 Å². The van der Waals surface area contributed by atoms with Crippen molar-refractivity contribution in [2.24, 2.45) is 0 Å². The summed E-state index contributed by atoms with van der Waals surface area (Å²) in [6.07, 6.45) is 0. The second-order valence-corrected chi connectivity index (χ2v) is 11.4. The first kappa shape index (κ1) is 25.5. The Kier molecular flexibility index (Phi) is 7.78. The normalized spacial score (nSPS) is 11.5. The highest BCUT2D eigenvalue weighted by molar-refractivity contribution is 9.10. The summed E-state index contributed by atoms with van der Waals surface area (Å²) in [5.41, 5.74) is 0.438. The second kappa shape index (κ2) is 10.4. The van der Waals surface area contributed by atoms with Gasteiger partial charge in [-0.05, 0) is 63.2 Å². The maximum atomic E-state index is 13.4. The van der Waals surface area contributed by atoms with E-state index in [1.807, 2.05) is 20.8 Å². The molecule has 0 unspecified atom stereocenters. The Morgan fingerprint density at radius 3 is 2.21 bits per heavy atom. The molecular formula is C25H26BrN3O4S. The van der Waals surface area contributed by atoms with Crippen LogP contribution in [0, 0.1) is 0 Å². The Morgan fingerprint density at radius 1 is 0.912 bits per heavy atom. The fourth-order valence-corrected chi connectivity index (χ4v) is 5.01. The molecule has 2 N–H and O–H groups in total. The van der Waals surface area contributed by atoms with E-state index >= 15 is 0 Å². The lowest BCUT2D eigenvalue weighted by Gasteiger charge is -2.25. The molecule has 0 saturated heterocycles. The van der Waals surface area contributed by atoms with Gasteiger partial charge in [-0.3, -0.25) is 13.9 Å². The summed E-state index contributed by atoms with van der Waals surface area (Å²) in [4.78, 5) is 25.8. The van der Waals surface area contributed by atoms with Gasteiger partial charge in [0.25, 0.3) is 15.9 Å². The van der Waals surface area contributed by atoms with Gasteiger partial charge in [0.05, 0.1) is 21.8 Å². The molecule has 3 aromatic carbocycles. The lowest BCUT2D eigenvalue weighted by molar-refractivity contribution is -0.114. The average Bonchev–Trinajstić information content (AvgIpc) is 2.77. The molecule has 7 nitrogen and oxygen atoms in total. The number of rotatable bonds is 7. The number of anilines is 2. The van der Waals surface area contributed by atoms with Crippen molar-refractivity contribution >= 4 is 49.1 Å². The molecule has 0 aromatic heterocycles. The minimum atomic E-state index is -4.04. The van der Waals surface area contributed by atoms with E-state index in [4.69, 9.17) is 0 Å². The molecule has 0 bridgehead atoms. The summed E-state index contributed by atoms with van der Waals surface area (Å²) in [5, 5.41) is 5.56. The van der Waals surface area contributed by atoms with Crippen LogP contribution < -0.4 is 14.9 Å². The Bertz CT molecular complexity index is 1290. The van der Waals surface area contributed by atoms with E-state index in [9.17, 15) is 18.0 Å². The zero-order valence-electron chi connectivity index (χ0n) is 19.1. The van der Waals surface area contributed by atoms with Crippen LogP contribution in [0.15, 0.2) is 88.2 Å². The van der Waals surface area contributed by atoms with Gasteiger partial charge in [0, 0.05) is 10.0 Å². The number of carbonyl (C=O) groups excluding carboxylic acids is 2. The maximum absolute atomic E-state index is 13.4. The summed E-state index contributed by atoms with van der Waals surface area (Å²) in [5.74, 6) is -0.931. The molecule has 0 fully saturated rings. The first-order chi connectivity index (χ1) is 16.0. The first-order valence-corrected chi connectivity index (χ1v) is 12.8. The van der Waals surface area contributed by atoms with Crippen LogP contribution in [0.4, 0.5) is 11.4 Å². The molecule has 0 atom stereocenters. The molecule has 0 heterocycles. The number of nitrogens with zero attached hydrogens (tertiary/aromatic N) is 1. The lowest BCUT2D eigenvalue weighted by atomic mass is 10.1. The topological polar surface area (TPSA) is 95.6 Å². The van der Waals surface area contributed by atoms with Crippen molar-refractivity contribution in [2.45, 2.75) is 31.2 Å². The summed E-state index contributed by atoms with van der Waals surface area (Å²) < 4.78 is 28.6. The molecule has 178 valence electrons. The van der Waals surface area contributed by atoms with E-state index in [0.29, 0.717) is 15.8 Å². The third-order valence-electron chi connectivity index (χ3n) is 4.65. The van der Waals surface area contributed by atoms with Crippen LogP contribution >= 0.6 is 15.9 Å². The number of hydrogen-bond donors (Lipinski definition) is 2. The maximum Gasteiger partial charge on any atom is 0.264 e. The molecule has 9 heteroatoms. The highest BCUT2D eigenvalue weighted by Crippen LogP contribution is 2.26. The van der Waals surface area contributed by atoms with E-state index in [1.54, 1.807) is 66.7 Å². The van der Waals surface area contributed by atoms with Crippen molar-refractivity contribution in [3.8, 4) is 0 Å². The van der Waals surface area contributed by atoms with E-state index < -0.39 is 28.0 Å². The summed E-state index contributed by atoms with van der Waals surface area (Å²) >= 11 is 3.36. The monoisotopic (exact) mass is 543 g/mol. The smallest absolute Gasteiger partial charge is 0.264 e. The molecule has 2 amide bonds. The van der Waals surface area contributed by atoms with E-state index in [1.165, 1.54) is 12.1 Å². The van der Waals surface area contributed by atoms with Crippen LogP contribution in [0.1, 0.15) is 31.1 Å². The van der Waals surface area contributed by atoms with Crippen molar-refractivity contribution in [3.63, 3.8) is 0 Å². The number of sulfonamides is 1. The zero-order valence-corrected chi connectivity index (χ0v) is 21.5. The largest absolute Gasteiger partial charge is 0.347 e. The van der Waals surface area contributed by atoms with Gasteiger partial charge in [0.1, 0.15) is 6.54 Å². The van der Waals surface area contributed by atoms with Crippen molar-refractivity contribution in [1.29, 1.82) is 0 Å². The molecular weight excluding hydrogens is 518 g/mol. The fourth-order valence-electron chi connectivity index (χ4n) is 3.18. The first-order valence-electron chi connectivity index (χ1n) is 10.5. The van der Waals surface area contributed by atoms with Crippen molar-refractivity contribution in [1.82, 2.24) is 5.32 Å². The van der Waals surface area contributed by atoms with Gasteiger partial charge in [0.15, 0.2) is 0 Å². The van der Waals surface area contributed by atoms with Crippen LogP contribution in [-0.4, -0.2) is 32.3 Å². The standard InChI is InChI=1S/C25H26BrN3O4S/c1-25(2,3)28-24(31)21-14-7-8-15-22(21)27-23(30)17-29(19-11-9-10-18(26)16-19)34(32,33)20-12-5-4-6-13-20/h4-16H,17H2,1-3H3,(H,27,30)(H,28,31). The summed E-state index contributed by atoms with van der Waals surface area (Å²) in [6.45, 7) is 5.09. The number of nitrogens with one attached hydrogen (secondary N) is 2. The minimum absolute atomic E-state index is 0.0627. The highest BCUT2D eigenvalue weighted by Gasteiger charge is 2.28. The molecule has 0 aliphatic rings. The van der Waals surface area contributed by atoms with Gasteiger partial charge >= 0.3 is 0 Å². The van der Waals surface area contributed by atoms with Gasteiger partial charge < -0.3 is 10.6 Å². The number of para-hydroxylation sites is 1. The predicted molar refractivity (Wildman–Crippen MR) is 137 cm³/mol. The molecule has 0 spiro atoms. The Balaban J connectivity index is 1.92. The van der Waals surface area contributed by atoms with Gasteiger partial charge in [0.2, 0.25) is 5.91 Å². The van der Waals surface area contributed by atoms with Gasteiger partial charge in [-0.15, -0.1) is 0 Å². The highest BCUT2D eigenvalue weighted by atomic mass is 79.9. The van der Waals surface area contributed by atoms with E-state index in [0.717, 1.165) is 4.31 Å². The Labute approximate surface area is 208 Å². The Morgan fingerprint density at radius 2 is 1.56 bits per heavy atom. The van der Waals surface area contributed by atoms with Gasteiger partial charge in [-0.25, -0.2) is 8.42 Å². The van der Waals surface area contributed by atoms with Crippen molar-refractivity contribution in [3.05, 3.63) is 88.9 Å².